The third kappa shape index (κ3) is 6.71. The maximum absolute atomic E-state index is 12.9. The molecule has 34 heavy (non-hydrogen) atoms. The molecule has 1 aromatic heterocycles. The second kappa shape index (κ2) is 12.7. The Balaban J connectivity index is 0.00000324. The zero-order valence-corrected chi connectivity index (χ0v) is 20.0. The molecule has 1 atom stereocenters. The standard InChI is InChI=1S/C24H25ClN2O6.ClH/c25-21-22(19-9-5-2-6-10-19)32-27(23(21)28)16-20(15-26-11-13-30-14-12-26)24(29)33-31-17-18-7-3-1-4-8-18;/h1-10,20H,11-17H2;1H. The minimum absolute atomic E-state index is 0. The molecule has 0 spiro atoms. The van der Waals surface area contributed by atoms with E-state index < -0.39 is 17.4 Å². The monoisotopic (exact) mass is 508 g/mol. The molecule has 182 valence electrons. The fourth-order valence-electron chi connectivity index (χ4n) is 3.59. The van der Waals surface area contributed by atoms with E-state index in [1.165, 1.54) is 0 Å². The molecule has 4 rings (SSSR count). The van der Waals surface area contributed by atoms with Gasteiger partial charge in [-0.15, -0.1) is 12.4 Å². The lowest BCUT2D eigenvalue weighted by Gasteiger charge is -2.29. The van der Waals surface area contributed by atoms with Crippen LogP contribution in [0.5, 0.6) is 0 Å². The first-order valence-corrected chi connectivity index (χ1v) is 11.1. The molecule has 1 aliphatic heterocycles. The number of aromatic nitrogens is 1. The molecular weight excluding hydrogens is 483 g/mol. The van der Waals surface area contributed by atoms with Crippen LogP contribution in [-0.2, 0) is 32.5 Å². The van der Waals surface area contributed by atoms with Crippen molar-refractivity contribution in [2.75, 3.05) is 32.8 Å². The summed E-state index contributed by atoms with van der Waals surface area (Å²) in [5.41, 5.74) is 1.05. The van der Waals surface area contributed by atoms with Crippen LogP contribution in [0.25, 0.3) is 11.3 Å². The molecule has 0 N–H and O–H groups in total. The molecule has 10 heteroatoms. The molecule has 1 saturated heterocycles. The van der Waals surface area contributed by atoms with Crippen LogP contribution in [0.2, 0.25) is 5.02 Å². The summed E-state index contributed by atoms with van der Waals surface area (Å²) in [7, 11) is 0. The Morgan fingerprint density at radius 3 is 2.32 bits per heavy atom. The maximum Gasteiger partial charge on any atom is 0.348 e. The zero-order valence-electron chi connectivity index (χ0n) is 18.4. The van der Waals surface area contributed by atoms with E-state index in [2.05, 4.69) is 4.90 Å². The molecule has 0 aliphatic carbocycles. The molecule has 0 radical (unpaired) electrons. The van der Waals surface area contributed by atoms with E-state index >= 15 is 0 Å². The predicted octanol–water partition coefficient (Wildman–Crippen LogP) is 3.81. The Hall–Kier alpha value is -2.62. The van der Waals surface area contributed by atoms with E-state index in [0.29, 0.717) is 38.4 Å². The molecule has 1 fully saturated rings. The Kier molecular flexibility index (Phi) is 9.74. The Morgan fingerprint density at radius 1 is 1.00 bits per heavy atom. The van der Waals surface area contributed by atoms with Crippen LogP contribution in [-0.4, -0.2) is 48.5 Å². The molecule has 0 saturated carbocycles. The van der Waals surface area contributed by atoms with Crippen molar-refractivity contribution in [3.63, 3.8) is 0 Å². The van der Waals surface area contributed by atoms with E-state index in [9.17, 15) is 9.59 Å². The Morgan fingerprint density at radius 2 is 1.65 bits per heavy atom. The molecule has 2 heterocycles. The van der Waals surface area contributed by atoms with Gasteiger partial charge in [0.1, 0.15) is 6.61 Å². The van der Waals surface area contributed by atoms with Crippen molar-refractivity contribution < 1.29 is 23.8 Å². The smallest absolute Gasteiger partial charge is 0.348 e. The van der Waals surface area contributed by atoms with Crippen molar-refractivity contribution in [3.8, 4) is 11.3 Å². The average Bonchev–Trinajstić information content (AvgIpc) is 3.14. The first kappa shape index (κ1) is 26.0. The molecule has 1 aliphatic rings. The highest BCUT2D eigenvalue weighted by Gasteiger charge is 2.29. The second-order valence-corrected chi connectivity index (χ2v) is 8.10. The SMILES string of the molecule is Cl.O=C(OOCc1ccccc1)C(CN1CCOCC1)Cn1oc(-c2ccccc2)c(Cl)c1=O. The summed E-state index contributed by atoms with van der Waals surface area (Å²) >= 11 is 6.26. The minimum atomic E-state index is -0.706. The summed E-state index contributed by atoms with van der Waals surface area (Å²) in [4.78, 5) is 38.0. The first-order chi connectivity index (χ1) is 16.1. The van der Waals surface area contributed by atoms with Gasteiger partial charge in [0.15, 0.2) is 10.8 Å². The fourth-order valence-corrected chi connectivity index (χ4v) is 3.83. The van der Waals surface area contributed by atoms with Crippen molar-refractivity contribution in [3.05, 3.63) is 81.6 Å². The summed E-state index contributed by atoms with van der Waals surface area (Å²) in [6, 6.07) is 18.5. The van der Waals surface area contributed by atoms with Gasteiger partial charge in [-0.1, -0.05) is 72.3 Å². The second-order valence-electron chi connectivity index (χ2n) is 7.73. The maximum atomic E-state index is 12.9. The quantitative estimate of drug-likeness (QED) is 0.321. The van der Waals surface area contributed by atoms with E-state index in [1.807, 2.05) is 48.5 Å². The lowest BCUT2D eigenvalue weighted by Crippen LogP contribution is -2.43. The topological polar surface area (TPSA) is 83.1 Å². The summed E-state index contributed by atoms with van der Waals surface area (Å²) < 4.78 is 12.2. The number of hydrogen-bond acceptors (Lipinski definition) is 7. The fraction of sp³-hybridized carbons (Fsp3) is 0.333. The highest BCUT2D eigenvalue weighted by Crippen LogP contribution is 2.26. The van der Waals surface area contributed by atoms with Crippen molar-refractivity contribution in [2.45, 2.75) is 13.2 Å². The van der Waals surface area contributed by atoms with E-state index in [1.54, 1.807) is 12.1 Å². The number of carbonyl (C=O) groups excluding carboxylic acids is 1. The van der Waals surface area contributed by atoms with Crippen molar-refractivity contribution >= 4 is 30.0 Å². The molecule has 3 aromatic rings. The summed E-state index contributed by atoms with van der Waals surface area (Å²) in [5.74, 6) is -1.03. The van der Waals surface area contributed by atoms with Gasteiger partial charge >= 0.3 is 11.5 Å². The number of carbonyl (C=O) groups is 1. The van der Waals surface area contributed by atoms with E-state index in [4.69, 9.17) is 30.6 Å². The normalized spacial score (nSPS) is 14.9. The van der Waals surface area contributed by atoms with Crippen molar-refractivity contribution in [2.24, 2.45) is 5.92 Å². The number of morpholine rings is 1. The van der Waals surface area contributed by atoms with E-state index in [-0.39, 0.29) is 36.3 Å². The van der Waals surface area contributed by atoms with Gasteiger partial charge < -0.3 is 9.26 Å². The first-order valence-electron chi connectivity index (χ1n) is 10.7. The van der Waals surface area contributed by atoms with Gasteiger partial charge in [0.25, 0.3) is 0 Å². The van der Waals surface area contributed by atoms with Crippen LogP contribution < -0.4 is 5.56 Å². The van der Waals surface area contributed by atoms with Gasteiger partial charge in [-0.05, 0) is 5.56 Å². The summed E-state index contributed by atoms with van der Waals surface area (Å²) in [6.45, 7) is 2.98. The molecule has 1 unspecified atom stereocenters. The lowest BCUT2D eigenvalue weighted by atomic mass is 10.1. The van der Waals surface area contributed by atoms with Crippen LogP contribution in [0.3, 0.4) is 0 Å². The van der Waals surface area contributed by atoms with Crippen LogP contribution in [0.4, 0.5) is 0 Å². The molecule has 0 bridgehead atoms. The van der Waals surface area contributed by atoms with Gasteiger partial charge in [-0.2, -0.15) is 9.63 Å². The van der Waals surface area contributed by atoms with Gasteiger partial charge in [-0.3, -0.25) is 14.6 Å². The third-order valence-electron chi connectivity index (χ3n) is 5.36. The summed E-state index contributed by atoms with van der Waals surface area (Å²) in [6.07, 6.45) is 0. The molecular formula is C24H26Cl2N2O6. The molecule has 8 nitrogen and oxygen atoms in total. The zero-order chi connectivity index (χ0) is 23.0. The van der Waals surface area contributed by atoms with Gasteiger partial charge in [0.05, 0.1) is 25.7 Å². The largest absolute Gasteiger partial charge is 0.379 e. The van der Waals surface area contributed by atoms with Crippen molar-refractivity contribution in [1.82, 2.24) is 9.64 Å². The number of halogens is 2. The number of nitrogens with zero attached hydrogens (tertiary/aromatic N) is 2. The highest BCUT2D eigenvalue weighted by atomic mass is 35.5. The van der Waals surface area contributed by atoms with Gasteiger partial charge in [0.2, 0.25) is 0 Å². The van der Waals surface area contributed by atoms with Gasteiger partial charge in [0, 0.05) is 25.2 Å². The van der Waals surface area contributed by atoms with Crippen LogP contribution in [0.1, 0.15) is 5.56 Å². The third-order valence-corrected chi connectivity index (χ3v) is 5.70. The molecule has 2 aromatic carbocycles. The van der Waals surface area contributed by atoms with E-state index in [0.717, 1.165) is 10.3 Å². The van der Waals surface area contributed by atoms with Crippen LogP contribution >= 0.6 is 24.0 Å². The van der Waals surface area contributed by atoms with Crippen molar-refractivity contribution in [1.29, 1.82) is 0 Å². The van der Waals surface area contributed by atoms with Crippen LogP contribution in [0, 0.1) is 5.92 Å². The Bertz CT molecular complexity index is 1100. The lowest BCUT2D eigenvalue weighted by molar-refractivity contribution is -0.284. The summed E-state index contributed by atoms with van der Waals surface area (Å²) in [5, 5.41) is -0.0278. The Labute approximate surface area is 208 Å². The molecule has 0 amide bonds. The highest BCUT2D eigenvalue weighted by molar-refractivity contribution is 6.32. The number of hydrogen-bond donors (Lipinski definition) is 0. The minimum Gasteiger partial charge on any atom is -0.379 e. The predicted molar refractivity (Wildman–Crippen MR) is 129 cm³/mol. The van der Waals surface area contributed by atoms with Crippen LogP contribution in [0.15, 0.2) is 70.0 Å². The number of ether oxygens (including phenoxy) is 1. The average molecular weight is 509 g/mol. The number of benzene rings is 2. The van der Waals surface area contributed by atoms with Gasteiger partial charge in [-0.25, -0.2) is 4.79 Å². The number of rotatable bonds is 9.